The summed E-state index contributed by atoms with van der Waals surface area (Å²) in [5.74, 6) is -1.18. The fraction of sp³-hybridized carbons (Fsp3) is 0. The molecule has 0 saturated heterocycles. The molecule has 2 rings (SSSR count). The highest BCUT2D eigenvalue weighted by molar-refractivity contribution is 5.94. The third-order valence-electron chi connectivity index (χ3n) is 2.50. The molecule has 0 atom stereocenters. The topological polar surface area (TPSA) is 97.5 Å². The number of hydrazone groups is 1. The Balaban J connectivity index is 2.10. The zero-order chi connectivity index (χ0) is 15.2. The SMILES string of the molecule is O=C(N/N=C\c1cc([N+](=O)[O-])ccc1F)c1ccncc1. The first kappa shape index (κ1) is 14.3. The number of rotatable bonds is 4. The summed E-state index contributed by atoms with van der Waals surface area (Å²) < 4.78 is 13.4. The Hall–Kier alpha value is -3.16. The van der Waals surface area contributed by atoms with E-state index in [2.05, 4.69) is 15.5 Å². The minimum Gasteiger partial charge on any atom is -0.267 e. The molecular formula is C13H9FN4O3. The zero-order valence-electron chi connectivity index (χ0n) is 10.6. The van der Waals surface area contributed by atoms with Crippen LogP contribution in [0.4, 0.5) is 10.1 Å². The fourth-order valence-corrected chi connectivity index (χ4v) is 1.47. The van der Waals surface area contributed by atoms with Crippen LogP contribution in [-0.2, 0) is 0 Å². The molecule has 106 valence electrons. The summed E-state index contributed by atoms with van der Waals surface area (Å²) in [5, 5.41) is 14.2. The van der Waals surface area contributed by atoms with E-state index in [4.69, 9.17) is 0 Å². The molecule has 1 N–H and O–H groups in total. The lowest BCUT2D eigenvalue weighted by atomic mass is 10.2. The minimum absolute atomic E-state index is 0.0979. The molecular weight excluding hydrogens is 279 g/mol. The molecule has 1 amide bonds. The van der Waals surface area contributed by atoms with Crippen molar-refractivity contribution in [3.05, 3.63) is 69.8 Å². The monoisotopic (exact) mass is 288 g/mol. The van der Waals surface area contributed by atoms with Crippen LogP contribution in [-0.4, -0.2) is 22.0 Å². The number of amides is 1. The predicted molar refractivity (Wildman–Crippen MR) is 72.4 cm³/mol. The predicted octanol–water partition coefficient (Wildman–Crippen LogP) is 1.89. The van der Waals surface area contributed by atoms with Crippen LogP contribution in [0, 0.1) is 15.9 Å². The Kier molecular flexibility index (Phi) is 4.30. The smallest absolute Gasteiger partial charge is 0.267 e. The first-order chi connectivity index (χ1) is 10.1. The molecule has 1 heterocycles. The van der Waals surface area contributed by atoms with Gasteiger partial charge in [-0.2, -0.15) is 5.10 Å². The molecule has 7 nitrogen and oxygen atoms in total. The number of nitrogens with one attached hydrogen (secondary N) is 1. The van der Waals surface area contributed by atoms with E-state index in [1.807, 2.05) is 0 Å². The van der Waals surface area contributed by atoms with E-state index in [0.717, 1.165) is 24.4 Å². The zero-order valence-corrected chi connectivity index (χ0v) is 10.6. The summed E-state index contributed by atoms with van der Waals surface area (Å²) in [5.41, 5.74) is 2.16. The lowest BCUT2D eigenvalue weighted by Crippen LogP contribution is -2.17. The van der Waals surface area contributed by atoms with E-state index in [-0.39, 0.29) is 11.3 Å². The van der Waals surface area contributed by atoms with Gasteiger partial charge in [0.25, 0.3) is 11.6 Å². The van der Waals surface area contributed by atoms with Crippen molar-refractivity contribution >= 4 is 17.8 Å². The molecule has 0 spiro atoms. The summed E-state index contributed by atoms with van der Waals surface area (Å²) in [4.78, 5) is 25.3. The molecule has 0 aliphatic carbocycles. The first-order valence-electron chi connectivity index (χ1n) is 5.75. The maximum absolute atomic E-state index is 13.4. The normalized spacial score (nSPS) is 10.5. The van der Waals surface area contributed by atoms with Gasteiger partial charge >= 0.3 is 0 Å². The second-order valence-electron chi connectivity index (χ2n) is 3.90. The van der Waals surface area contributed by atoms with Crippen molar-refractivity contribution in [1.82, 2.24) is 10.4 Å². The van der Waals surface area contributed by atoms with E-state index in [0.29, 0.717) is 5.56 Å². The lowest BCUT2D eigenvalue weighted by molar-refractivity contribution is -0.384. The number of nitrogens with zero attached hydrogens (tertiary/aromatic N) is 3. The van der Waals surface area contributed by atoms with Crippen LogP contribution in [0.25, 0.3) is 0 Å². The van der Waals surface area contributed by atoms with Crippen LogP contribution in [0.15, 0.2) is 47.8 Å². The number of nitro benzene ring substituents is 1. The van der Waals surface area contributed by atoms with Crippen LogP contribution in [0.5, 0.6) is 0 Å². The molecule has 8 heteroatoms. The van der Waals surface area contributed by atoms with Crippen molar-refractivity contribution in [2.24, 2.45) is 5.10 Å². The van der Waals surface area contributed by atoms with Gasteiger partial charge in [-0.1, -0.05) is 0 Å². The number of carbonyl (C=O) groups excluding carboxylic acids is 1. The van der Waals surface area contributed by atoms with Crippen LogP contribution in [0.1, 0.15) is 15.9 Å². The molecule has 0 radical (unpaired) electrons. The number of aromatic nitrogens is 1. The van der Waals surface area contributed by atoms with Gasteiger partial charge < -0.3 is 0 Å². The maximum atomic E-state index is 13.4. The Labute approximate surface area is 118 Å². The van der Waals surface area contributed by atoms with E-state index >= 15 is 0 Å². The number of hydrogen-bond donors (Lipinski definition) is 1. The molecule has 0 aliphatic heterocycles. The summed E-state index contributed by atoms with van der Waals surface area (Å²) in [7, 11) is 0. The van der Waals surface area contributed by atoms with Crippen LogP contribution < -0.4 is 5.43 Å². The van der Waals surface area contributed by atoms with Crippen molar-refractivity contribution in [3.8, 4) is 0 Å². The molecule has 0 bridgehead atoms. The van der Waals surface area contributed by atoms with Crippen LogP contribution in [0.3, 0.4) is 0 Å². The van der Waals surface area contributed by atoms with Crippen molar-refractivity contribution in [1.29, 1.82) is 0 Å². The summed E-state index contributed by atoms with van der Waals surface area (Å²) in [6.07, 6.45) is 3.89. The van der Waals surface area contributed by atoms with Crippen molar-refractivity contribution in [2.75, 3.05) is 0 Å². The standard InChI is InChI=1S/C13H9FN4O3/c14-12-2-1-11(18(20)21)7-10(12)8-16-17-13(19)9-3-5-15-6-4-9/h1-8H,(H,17,19)/b16-8-. The Bertz CT molecular complexity index is 704. The Morgan fingerprint density at radius 1 is 1.33 bits per heavy atom. The number of carbonyl (C=O) groups is 1. The third kappa shape index (κ3) is 3.66. The summed E-state index contributed by atoms with van der Waals surface area (Å²) in [6.45, 7) is 0. The number of halogens is 1. The highest BCUT2D eigenvalue weighted by Crippen LogP contribution is 2.15. The molecule has 0 unspecified atom stereocenters. The van der Waals surface area contributed by atoms with Gasteiger partial charge in [-0.3, -0.25) is 19.9 Å². The molecule has 1 aromatic carbocycles. The number of hydrogen-bond acceptors (Lipinski definition) is 5. The summed E-state index contributed by atoms with van der Waals surface area (Å²) >= 11 is 0. The van der Waals surface area contributed by atoms with E-state index in [9.17, 15) is 19.3 Å². The van der Waals surface area contributed by atoms with Gasteiger partial charge in [0.15, 0.2) is 0 Å². The average molecular weight is 288 g/mol. The van der Waals surface area contributed by atoms with Crippen LogP contribution >= 0.6 is 0 Å². The van der Waals surface area contributed by atoms with Gasteiger partial charge in [-0.25, -0.2) is 9.82 Å². The minimum atomic E-state index is -0.678. The number of non-ortho nitro benzene ring substituents is 1. The lowest BCUT2D eigenvalue weighted by Gasteiger charge is -1.99. The van der Waals surface area contributed by atoms with E-state index in [1.165, 1.54) is 24.5 Å². The number of pyridine rings is 1. The third-order valence-corrected chi connectivity index (χ3v) is 2.50. The number of benzene rings is 1. The average Bonchev–Trinajstić information content (AvgIpc) is 2.49. The second kappa shape index (κ2) is 6.33. The highest BCUT2D eigenvalue weighted by atomic mass is 19.1. The fourth-order valence-electron chi connectivity index (χ4n) is 1.47. The molecule has 1 aromatic heterocycles. The number of nitro groups is 1. The Morgan fingerprint density at radius 3 is 2.71 bits per heavy atom. The maximum Gasteiger partial charge on any atom is 0.271 e. The Morgan fingerprint density at radius 2 is 2.05 bits per heavy atom. The summed E-state index contributed by atoms with van der Waals surface area (Å²) in [6, 6.07) is 6.00. The molecule has 21 heavy (non-hydrogen) atoms. The van der Waals surface area contributed by atoms with Gasteiger partial charge in [0.05, 0.1) is 11.1 Å². The quantitative estimate of drug-likeness (QED) is 0.527. The second-order valence-corrected chi connectivity index (χ2v) is 3.90. The van der Waals surface area contributed by atoms with Gasteiger partial charge in [0.2, 0.25) is 0 Å². The van der Waals surface area contributed by atoms with Gasteiger partial charge in [-0.15, -0.1) is 0 Å². The van der Waals surface area contributed by atoms with Gasteiger partial charge in [0.1, 0.15) is 5.82 Å². The van der Waals surface area contributed by atoms with Crippen molar-refractivity contribution < 1.29 is 14.1 Å². The van der Waals surface area contributed by atoms with E-state index < -0.39 is 16.6 Å². The molecule has 2 aromatic rings. The molecule has 0 saturated carbocycles. The first-order valence-corrected chi connectivity index (χ1v) is 5.75. The van der Waals surface area contributed by atoms with Gasteiger partial charge in [-0.05, 0) is 18.2 Å². The highest BCUT2D eigenvalue weighted by Gasteiger charge is 2.09. The van der Waals surface area contributed by atoms with E-state index in [1.54, 1.807) is 0 Å². The molecule has 0 aliphatic rings. The molecule has 0 fully saturated rings. The van der Waals surface area contributed by atoms with Crippen molar-refractivity contribution in [2.45, 2.75) is 0 Å². The van der Waals surface area contributed by atoms with Crippen LogP contribution in [0.2, 0.25) is 0 Å². The van der Waals surface area contributed by atoms with Crippen molar-refractivity contribution in [3.63, 3.8) is 0 Å². The largest absolute Gasteiger partial charge is 0.271 e. The van der Waals surface area contributed by atoms with Gasteiger partial charge in [0, 0.05) is 35.7 Å².